The largest absolute Gasteiger partial charge is 0.307 e. The number of rotatable bonds is 6. The third kappa shape index (κ3) is 3.09. The molecule has 0 aliphatic carbocycles. The summed E-state index contributed by atoms with van der Waals surface area (Å²) in [5.41, 5.74) is 2.03. The van der Waals surface area contributed by atoms with Gasteiger partial charge in [-0.2, -0.15) is 0 Å². The molecule has 0 atom stereocenters. The van der Waals surface area contributed by atoms with Crippen molar-refractivity contribution in [2.24, 2.45) is 0 Å². The molecule has 0 N–H and O–H groups in total. The molecule has 4 heterocycles. The first kappa shape index (κ1) is 15.4. The number of thioether (sulfide) groups is 1. The summed E-state index contributed by atoms with van der Waals surface area (Å²) in [4.78, 5) is 5.95. The van der Waals surface area contributed by atoms with Crippen molar-refractivity contribution in [3.63, 3.8) is 0 Å². The van der Waals surface area contributed by atoms with Crippen molar-refractivity contribution in [1.29, 1.82) is 0 Å². The Labute approximate surface area is 148 Å². The molecule has 0 aliphatic rings. The molecule has 0 aromatic carbocycles. The Morgan fingerprint density at radius 3 is 2.92 bits per heavy atom. The number of pyridine rings is 1. The predicted octanol–water partition coefficient (Wildman–Crippen LogP) is 3.89. The zero-order valence-electron chi connectivity index (χ0n) is 13.3. The molecular weight excluding hydrogens is 338 g/mol. The number of imidazole rings is 1. The van der Waals surface area contributed by atoms with Gasteiger partial charge in [0.05, 0.1) is 5.69 Å². The van der Waals surface area contributed by atoms with E-state index >= 15 is 0 Å². The minimum Gasteiger partial charge on any atom is -0.307 e. The van der Waals surface area contributed by atoms with Gasteiger partial charge in [0.25, 0.3) is 0 Å². The maximum atomic E-state index is 4.64. The molecule has 5 nitrogen and oxygen atoms in total. The van der Waals surface area contributed by atoms with Crippen LogP contribution in [0.25, 0.3) is 5.65 Å². The minimum absolute atomic E-state index is 0.790. The van der Waals surface area contributed by atoms with Crippen molar-refractivity contribution in [3.05, 3.63) is 64.5 Å². The van der Waals surface area contributed by atoms with Crippen LogP contribution in [0.2, 0.25) is 0 Å². The van der Waals surface area contributed by atoms with E-state index in [1.165, 1.54) is 4.88 Å². The highest BCUT2D eigenvalue weighted by Crippen LogP contribution is 2.23. The molecule has 0 bridgehead atoms. The highest BCUT2D eigenvalue weighted by molar-refractivity contribution is 7.98. The number of nitrogens with zero attached hydrogens (tertiary/aromatic N) is 5. The second-order valence-electron chi connectivity index (χ2n) is 5.39. The van der Waals surface area contributed by atoms with Crippen molar-refractivity contribution in [2.75, 3.05) is 0 Å². The Bertz CT molecular complexity index is 906. The van der Waals surface area contributed by atoms with Crippen LogP contribution in [-0.2, 0) is 18.7 Å². The van der Waals surface area contributed by atoms with Gasteiger partial charge in [-0.3, -0.25) is 0 Å². The van der Waals surface area contributed by atoms with Crippen LogP contribution in [0.15, 0.2) is 53.3 Å². The number of hydrogen-bond acceptors (Lipinski definition) is 5. The second kappa shape index (κ2) is 6.78. The van der Waals surface area contributed by atoms with E-state index in [0.29, 0.717) is 0 Å². The smallest absolute Gasteiger partial charge is 0.191 e. The first-order chi connectivity index (χ1) is 11.8. The number of aromatic nitrogens is 5. The zero-order valence-corrected chi connectivity index (χ0v) is 14.9. The third-order valence-electron chi connectivity index (χ3n) is 3.79. The first-order valence-electron chi connectivity index (χ1n) is 7.83. The Kier molecular flexibility index (Phi) is 4.36. The zero-order chi connectivity index (χ0) is 16.4. The molecule has 0 fully saturated rings. The second-order valence-corrected chi connectivity index (χ2v) is 7.36. The summed E-state index contributed by atoms with van der Waals surface area (Å²) in [7, 11) is 0. The van der Waals surface area contributed by atoms with Gasteiger partial charge in [-0.1, -0.05) is 23.9 Å². The van der Waals surface area contributed by atoms with Gasteiger partial charge >= 0.3 is 0 Å². The highest BCUT2D eigenvalue weighted by Gasteiger charge is 2.13. The normalized spacial score (nSPS) is 11.4. The minimum atomic E-state index is 0.790. The van der Waals surface area contributed by atoms with Crippen molar-refractivity contribution in [3.8, 4) is 0 Å². The van der Waals surface area contributed by atoms with Crippen LogP contribution in [-0.4, -0.2) is 24.1 Å². The lowest BCUT2D eigenvalue weighted by Gasteiger charge is -2.05. The summed E-state index contributed by atoms with van der Waals surface area (Å²) in [6.45, 7) is 3.01. The highest BCUT2D eigenvalue weighted by atomic mass is 32.2. The fourth-order valence-corrected chi connectivity index (χ4v) is 4.24. The van der Waals surface area contributed by atoms with Crippen molar-refractivity contribution in [1.82, 2.24) is 24.1 Å². The molecule has 0 saturated heterocycles. The molecule has 0 saturated carbocycles. The number of thiophene rings is 1. The SMILES string of the molecule is CCn1c(Cc2cccs2)nnc1SCc1cn2ccccc2n1. The van der Waals surface area contributed by atoms with Crippen LogP contribution < -0.4 is 0 Å². The molecule has 7 heteroatoms. The third-order valence-corrected chi connectivity index (χ3v) is 5.66. The van der Waals surface area contributed by atoms with E-state index in [1.54, 1.807) is 23.1 Å². The fraction of sp³-hybridized carbons (Fsp3) is 0.235. The maximum Gasteiger partial charge on any atom is 0.191 e. The monoisotopic (exact) mass is 355 g/mol. The summed E-state index contributed by atoms with van der Waals surface area (Å²) in [5, 5.41) is 11.8. The summed E-state index contributed by atoms with van der Waals surface area (Å²) in [6, 6.07) is 10.2. The molecule has 24 heavy (non-hydrogen) atoms. The lowest BCUT2D eigenvalue weighted by molar-refractivity contribution is 0.652. The lowest BCUT2D eigenvalue weighted by Crippen LogP contribution is -2.03. The topological polar surface area (TPSA) is 48.0 Å². The van der Waals surface area contributed by atoms with E-state index in [-0.39, 0.29) is 0 Å². The van der Waals surface area contributed by atoms with Gasteiger partial charge in [0.1, 0.15) is 11.5 Å². The molecule has 4 rings (SSSR count). The predicted molar refractivity (Wildman–Crippen MR) is 97.6 cm³/mol. The number of hydrogen-bond donors (Lipinski definition) is 0. The summed E-state index contributed by atoms with van der Waals surface area (Å²) < 4.78 is 4.24. The summed E-state index contributed by atoms with van der Waals surface area (Å²) in [6.07, 6.45) is 4.93. The molecular formula is C17H17N5S2. The molecule has 122 valence electrons. The molecule has 0 amide bonds. The molecule has 0 aliphatic heterocycles. The van der Waals surface area contributed by atoms with Crippen LogP contribution in [0.1, 0.15) is 23.3 Å². The van der Waals surface area contributed by atoms with E-state index in [1.807, 2.05) is 28.8 Å². The average molecular weight is 355 g/mol. The summed E-state index contributed by atoms with van der Waals surface area (Å²) >= 11 is 3.45. The van der Waals surface area contributed by atoms with Gasteiger partial charge in [-0.05, 0) is 30.5 Å². The van der Waals surface area contributed by atoms with E-state index in [9.17, 15) is 0 Å². The van der Waals surface area contributed by atoms with Gasteiger partial charge in [-0.15, -0.1) is 21.5 Å². The van der Waals surface area contributed by atoms with Crippen molar-refractivity contribution in [2.45, 2.75) is 30.8 Å². The first-order valence-corrected chi connectivity index (χ1v) is 9.70. The standard InChI is InChI=1S/C17H17N5S2/c1-2-22-16(10-14-6-5-9-23-14)19-20-17(22)24-12-13-11-21-8-4-3-7-15(21)18-13/h3-9,11H,2,10,12H2,1H3. The van der Waals surface area contributed by atoms with Crippen molar-refractivity contribution >= 4 is 28.7 Å². The van der Waals surface area contributed by atoms with E-state index in [4.69, 9.17) is 0 Å². The van der Waals surface area contributed by atoms with E-state index < -0.39 is 0 Å². The van der Waals surface area contributed by atoms with Crippen LogP contribution in [0.4, 0.5) is 0 Å². The van der Waals surface area contributed by atoms with Crippen LogP contribution >= 0.6 is 23.1 Å². The van der Waals surface area contributed by atoms with Crippen LogP contribution in [0, 0.1) is 0 Å². The van der Waals surface area contributed by atoms with E-state index in [0.717, 1.165) is 41.0 Å². The van der Waals surface area contributed by atoms with Gasteiger partial charge in [0, 0.05) is 36.0 Å². The molecule has 4 aromatic rings. The Balaban J connectivity index is 1.50. The Morgan fingerprint density at radius 1 is 1.17 bits per heavy atom. The van der Waals surface area contributed by atoms with Crippen LogP contribution in [0.3, 0.4) is 0 Å². The van der Waals surface area contributed by atoms with Crippen molar-refractivity contribution < 1.29 is 0 Å². The van der Waals surface area contributed by atoms with Gasteiger partial charge in [0.15, 0.2) is 5.16 Å². The molecule has 0 radical (unpaired) electrons. The lowest BCUT2D eigenvalue weighted by atomic mass is 10.3. The van der Waals surface area contributed by atoms with E-state index in [2.05, 4.69) is 50.4 Å². The quantitative estimate of drug-likeness (QED) is 0.492. The van der Waals surface area contributed by atoms with Gasteiger partial charge in [-0.25, -0.2) is 4.98 Å². The van der Waals surface area contributed by atoms with Crippen LogP contribution in [0.5, 0.6) is 0 Å². The number of fused-ring (bicyclic) bond motifs is 1. The fourth-order valence-electron chi connectivity index (χ4n) is 2.64. The van der Waals surface area contributed by atoms with Gasteiger partial charge < -0.3 is 8.97 Å². The molecule has 0 spiro atoms. The maximum absolute atomic E-state index is 4.64. The summed E-state index contributed by atoms with van der Waals surface area (Å²) in [5.74, 6) is 1.82. The molecule has 0 unspecified atom stereocenters. The Hall–Kier alpha value is -2.12. The molecule has 4 aromatic heterocycles. The van der Waals surface area contributed by atoms with Gasteiger partial charge in [0.2, 0.25) is 0 Å². The Morgan fingerprint density at radius 2 is 2.12 bits per heavy atom. The average Bonchev–Trinajstić information content (AvgIpc) is 3.32.